The molecule has 5 heteroatoms. The molecular formula is C18H12FN3O. The van der Waals surface area contributed by atoms with Gasteiger partial charge in [0.05, 0.1) is 0 Å². The summed E-state index contributed by atoms with van der Waals surface area (Å²) in [5.41, 5.74) is 2.57. The lowest BCUT2D eigenvalue weighted by Gasteiger charge is -2.01. The van der Waals surface area contributed by atoms with E-state index in [-0.39, 0.29) is 5.89 Å². The van der Waals surface area contributed by atoms with E-state index in [0.29, 0.717) is 11.4 Å². The van der Waals surface area contributed by atoms with Crippen molar-refractivity contribution in [2.24, 2.45) is 0 Å². The molecule has 0 N–H and O–H groups in total. The van der Waals surface area contributed by atoms with E-state index < -0.39 is 5.95 Å². The molecule has 0 amide bonds. The molecule has 0 aliphatic heterocycles. The molecule has 112 valence electrons. The van der Waals surface area contributed by atoms with Crippen LogP contribution in [-0.4, -0.2) is 15.1 Å². The first-order valence-electron chi connectivity index (χ1n) is 7.15. The Kier molecular flexibility index (Phi) is 3.12. The molecule has 0 unspecified atom stereocenters. The monoisotopic (exact) mass is 305 g/mol. The Morgan fingerprint density at radius 3 is 2.61 bits per heavy atom. The van der Waals surface area contributed by atoms with Crippen LogP contribution in [0.25, 0.3) is 33.6 Å². The molecule has 0 spiro atoms. The summed E-state index contributed by atoms with van der Waals surface area (Å²) in [4.78, 5) is 7.86. The number of hydrogen-bond acceptors (Lipinski definition) is 4. The van der Waals surface area contributed by atoms with Gasteiger partial charge in [-0.05, 0) is 29.8 Å². The van der Waals surface area contributed by atoms with Gasteiger partial charge in [-0.1, -0.05) is 41.1 Å². The quantitative estimate of drug-likeness (QED) is 0.515. The Hall–Kier alpha value is -3.08. The van der Waals surface area contributed by atoms with Crippen LogP contribution < -0.4 is 0 Å². The van der Waals surface area contributed by atoms with Crippen LogP contribution >= 0.6 is 0 Å². The number of hydrogen-bond donors (Lipinski definition) is 0. The molecule has 0 radical (unpaired) electrons. The molecule has 0 saturated carbocycles. The molecule has 2 aromatic heterocycles. The average Bonchev–Trinajstić information content (AvgIpc) is 3.04. The Morgan fingerprint density at radius 1 is 0.913 bits per heavy atom. The minimum absolute atomic E-state index is 0.269. The van der Waals surface area contributed by atoms with Crippen LogP contribution in [0.4, 0.5) is 4.39 Å². The smallest absolute Gasteiger partial charge is 0.258 e. The fourth-order valence-corrected chi connectivity index (χ4v) is 2.50. The number of pyridine rings is 1. The maximum atomic E-state index is 13.2. The highest BCUT2D eigenvalue weighted by Crippen LogP contribution is 2.25. The second kappa shape index (κ2) is 5.28. The van der Waals surface area contributed by atoms with Gasteiger partial charge in [0, 0.05) is 23.4 Å². The van der Waals surface area contributed by atoms with Gasteiger partial charge >= 0.3 is 0 Å². The Labute approximate surface area is 131 Å². The van der Waals surface area contributed by atoms with Crippen molar-refractivity contribution in [3.63, 3.8) is 0 Å². The molecule has 0 atom stereocenters. The SMILES string of the molecule is Cc1ccc2cc(-c3noc(-c4ccnc(F)c4)n3)ccc2c1. The minimum atomic E-state index is -0.580. The number of halogens is 1. The van der Waals surface area contributed by atoms with Crippen molar-refractivity contribution in [3.8, 4) is 22.8 Å². The van der Waals surface area contributed by atoms with Crippen LogP contribution in [0.15, 0.2) is 59.3 Å². The van der Waals surface area contributed by atoms with Crippen LogP contribution in [0.1, 0.15) is 5.56 Å². The molecule has 2 heterocycles. The topological polar surface area (TPSA) is 51.8 Å². The van der Waals surface area contributed by atoms with E-state index in [9.17, 15) is 4.39 Å². The lowest BCUT2D eigenvalue weighted by Crippen LogP contribution is -1.85. The van der Waals surface area contributed by atoms with Crippen molar-refractivity contribution in [1.82, 2.24) is 15.1 Å². The van der Waals surface area contributed by atoms with E-state index in [2.05, 4.69) is 40.2 Å². The summed E-state index contributed by atoms with van der Waals surface area (Å²) in [5, 5.41) is 6.25. The van der Waals surface area contributed by atoms with E-state index in [0.717, 1.165) is 16.3 Å². The predicted molar refractivity (Wildman–Crippen MR) is 85.2 cm³/mol. The zero-order chi connectivity index (χ0) is 15.8. The number of benzene rings is 2. The highest BCUT2D eigenvalue weighted by Gasteiger charge is 2.12. The van der Waals surface area contributed by atoms with E-state index in [1.807, 2.05) is 18.2 Å². The van der Waals surface area contributed by atoms with Crippen molar-refractivity contribution < 1.29 is 8.91 Å². The molecule has 0 fully saturated rings. The van der Waals surface area contributed by atoms with Gasteiger partial charge in [-0.3, -0.25) is 0 Å². The molecule has 23 heavy (non-hydrogen) atoms. The number of rotatable bonds is 2. The molecule has 0 saturated heterocycles. The van der Waals surface area contributed by atoms with Crippen LogP contribution in [-0.2, 0) is 0 Å². The van der Waals surface area contributed by atoms with Gasteiger partial charge in [0.15, 0.2) is 0 Å². The Morgan fingerprint density at radius 2 is 1.74 bits per heavy atom. The van der Waals surface area contributed by atoms with Crippen LogP contribution in [0.2, 0.25) is 0 Å². The lowest BCUT2D eigenvalue weighted by atomic mass is 10.0. The summed E-state index contributed by atoms with van der Waals surface area (Å²) in [7, 11) is 0. The molecule has 0 aliphatic rings. The summed E-state index contributed by atoms with van der Waals surface area (Å²) in [5.74, 6) is 0.160. The number of nitrogens with zero attached hydrogens (tertiary/aromatic N) is 3. The van der Waals surface area contributed by atoms with Gasteiger partial charge in [-0.2, -0.15) is 9.37 Å². The number of fused-ring (bicyclic) bond motifs is 1. The van der Waals surface area contributed by atoms with Gasteiger partial charge in [-0.25, -0.2) is 4.98 Å². The van der Waals surface area contributed by atoms with E-state index in [4.69, 9.17) is 4.52 Å². The Bertz CT molecular complexity index is 1010. The fourth-order valence-electron chi connectivity index (χ4n) is 2.50. The third-order valence-corrected chi connectivity index (χ3v) is 3.65. The van der Waals surface area contributed by atoms with E-state index in [1.165, 1.54) is 17.8 Å². The van der Waals surface area contributed by atoms with Gasteiger partial charge in [-0.15, -0.1) is 0 Å². The van der Waals surface area contributed by atoms with Crippen molar-refractivity contribution in [2.45, 2.75) is 6.92 Å². The largest absolute Gasteiger partial charge is 0.334 e. The highest BCUT2D eigenvalue weighted by molar-refractivity contribution is 5.87. The first kappa shape index (κ1) is 13.6. The molecule has 0 bridgehead atoms. The summed E-state index contributed by atoms with van der Waals surface area (Å²) < 4.78 is 18.4. The standard InChI is InChI=1S/C18H12FN3O/c1-11-2-3-13-9-14(5-4-12(13)8-11)17-21-18(23-22-17)15-6-7-20-16(19)10-15/h2-10H,1H3. The Balaban J connectivity index is 1.75. The normalized spacial score (nSPS) is 11.0. The van der Waals surface area contributed by atoms with Crippen LogP contribution in [0.3, 0.4) is 0 Å². The molecule has 2 aromatic carbocycles. The summed E-state index contributed by atoms with van der Waals surface area (Å²) in [6, 6.07) is 15.1. The summed E-state index contributed by atoms with van der Waals surface area (Å²) >= 11 is 0. The molecule has 4 aromatic rings. The van der Waals surface area contributed by atoms with Gasteiger partial charge in [0.2, 0.25) is 11.8 Å². The maximum absolute atomic E-state index is 13.2. The highest BCUT2D eigenvalue weighted by atomic mass is 19.1. The zero-order valence-corrected chi connectivity index (χ0v) is 12.3. The second-order valence-corrected chi connectivity index (χ2v) is 5.36. The van der Waals surface area contributed by atoms with Crippen molar-refractivity contribution in [3.05, 3.63) is 66.2 Å². The fraction of sp³-hybridized carbons (Fsp3) is 0.0556. The van der Waals surface area contributed by atoms with Crippen molar-refractivity contribution in [1.29, 1.82) is 0 Å². The van der Waals surface area contributed by atoms with E-state index in [1.54, 1.807) is 6.07 Å². The number of aromatic nitrogens is 3. The van der Waals surface area contributed by atoms with Crippen molar-refractivity contribution >= 4 is 10.8 Å². The molecule has 4 nitrogen and oxygen atoms in total. The lowest BCUT2D eigenvalue weighted by molar-refractivity contribution is 0.432. The number of aryl methyl sites for hydroxylation is 1. The first-order chi connectivity index (χ1) is 11.2. The van der Waals surface area contributed by atoms with Crippen LogP contribution in [0, 0.1) is 12.9 Å². The predicted octanol–water partition coefficient (Wildman–Crippen LogP) is 4.40. The zero-order valence-electron chi connectivity index (χ0n) is 12.3. The maximum Gasteiger partial charge on any atom is 0.258 e. The van der Waals surface area contributed by atoms with Gasteiger partial charge in [0.25, 0.3) is 5.89 Å². The third-order valence-electron chi connectivity index (χ3n) is 3.65. The van der Waals surface area contributed by atoms with Crippen LogP contribution in [0.5, 0.6) is 0 Å². The third kappa shape index (κ3) is 2.57. The van der Waals surface area contributed by atoms with Crippen molar-refractivity contribution in [2.75, 3.05) is 0 Å². The van der Waals surface area contributed by atoms with Gasteiger partial charge in [0.1, 0.15) is 0 Å². The van der Waals surface area contributed by atoms with Gasteiger partial charge < -0.3 is 4.52 Å². The first-order valence-corrected chi connectivity index (χ1v) is 7.15. The molecule has 0 aliphatic carbocycles. The average molecular weight is 305 g/mol. The molecular weight excluding hydrogens is 293 g/mol. The summed E-state index contributed by atoms with van der Waals surface area (Å²) in [6.07, 6.45) is 1.37. The second-order valence-electron chi connectivity index (χ2n) is 5.36. The molecule has 4 rings (SSSR count). The minimum Gasteiger partial charge on any atom is -0.334 e. The summed E-state index contributed by atoms with van der Waals surface area (Å²) in [6.45, 7) is 2.06. The van der Waals surface area contributed by atoms with E-state index >= 15 is 0 Å².